The van der Waals surface area contributed by atoms with E-state index in [-0.39, 0.29) is 0 Å². The second kappa shape index (κ2) is 5.04. The van der Waals surface area contributed by atoms with E-state index in [2.05, 4.69) is 14.9 Å². The fraction of sp³-hybridized carbons (Fsp3) is 0.167. The van der Waals surface area contributed by atoms with Gasteiger partial charge < -0.3 is 4.74 Å². The van der Waals surface area contributed by atoms with E-state index in [1.54, 1.807) is 0 Å². The Morgan fingerprint density at radius 1 is 1.47 bits per heavy atom. The zero-order chi connectivity index (χ0) is 15.0. The summed E-state index contributed by atoms with van der Waals surface area (Å²) in [7, 11) is -4.67. The highest BCUT2D eigenvalue weighted by atomic mass is 127. The van der Waals surface area contributed by atoms with Crippen LogP contribution in [-0.4, -0.2) is 24.7 Å². The van der Waals surface area contributed by atoms with Crippen molar-refractivity contribution in [1.29, 1.82) is 0 Å². The van der Waals surface area contributed by atoms with E-state index in [1.165, 1.54) is 22.6 Å². The highest BCUT2D eigenvalue weighted by molar-refractivity contribution is 14.1. The summed E-state index contributed by atoms with van der Waals surface area (Å²) in [5.41, 5.74) is -0.806. The van der Waals surface area contributed by atoms with Crippen molar-refractivity contribution in [2.45, 2.75) is 11.3 Å². The molecule has 0 aliphatic carbocycles. The predicted octanol–water partition coefficient (Wildman–Crippen LogP) is 1.14. The van der Waals surface area contributed by atoms with Crippen LogP contribution < -0.4 is 9.88 Å². The number of nitrogens with two attached hydrogens (primary N) is 1. The molecule has 0 atom stereocenters. The van der Waals surface area contributed by atoms with E-state index in [1.807, 2.05) is 0 Å². The summed E-state index contributed by atoms with van der Waals surface area (Å²) >= 11 is 1.26. The highest BCUT2D eigenvalue weighted by Gasteiger charge is 2.36. The van der Waals surface area contributed by atoms with Crippen molar-refractivity contribution in [3.05, 3.63) is 19.9 Å². The Kier molecular flexibility index (Phi) is 4.20. The van der Waals surface area contributed by atoms with Crippen molar-refractivity contribution in [2.24, 2.45) is 5.14 Å². The second-order valence-electron chi connectivity index (χ2n) is 2.95. The minimum atomic E-state index is -5.22. The van der Waals surface area contributed by atoms with Gasteiger partial charge in [0.2, 0.25) is 15.9 Å². The Hall–Kier alpha value is -1.22. The van der Waals surface area contributed by atoms with Gasteiger partial charge in [0.25, 0.3) is 0 Å². The Morgan fingerprint density at radius 3 is 2.37 bits per heavy atom. The number of hydrogen-bond acceptors (Lipinski definition) is 6. The lowest BCUT2D eigenvalue weighted by Gasteiger charge is -2.11. The molecular weight excluding hydrogens is 410 g/mol. The van der Waals surface area contributed by atoms with Gasteiger partial charge in [-0.15, -0.1) is 13.2 Å². The molecule has 0 unspecified atom stereocenters. The molecule has 0 aromatic carbocycles. The van der Waals surface area contributed by atoms with Gasteiger partial charge in [-0.2, -0.15) is 4.98 Å². The average molecular weight is 413 g/mol. The molecule has 0 saturated heterocycles. The summed E-state index contributed by atoms with van der Waals surface area (Å²) < 4.78 is 61.3. The van der Waals surface area contributed by atoms with Gasteiger partial charge >= 0.3 is 12.0 Å². The molecule has 8 nitrogen and oxygen atoms in total. The molecule has 2 N–H and O–H groups in total. The molecule has 0 fully saturated rings. The fourth-order valence-electron chi connectivity index (χ4n) is 0.962. The van der Waals surface area contributed by atoms with Gasteiger partial charge in [-0.1, -0.05) is 0 Å². The summed E-state index contributed by atoms with van der Waals surface area (Å²) in [5.74, 6) is -1.37. The summed E-state index contributed by atoms with van der Waals surface area (Å²) in [6.45, 7) is 0. The number of sulfonamides is 1. The van der Waals surface area contributed by atoms with Crippen LogP contribution in [0.2, 0.25) is 0 Å². The number of alkyl halides is 3. The molecule has 1 aromatic heterocycles. The monoisotopic (exact) mass is 413 g/mol. The molecule has 13 heteroatoms. The zero-order valence-electron chi connectivity index (χ0n) is 8.51. The van der Waals surface area contributed by atoms with Crippen LogP contribution in [0, 0.1) is 13.8 Å². The third kappa shape index (κ3) is 4.13. The van der Waals surface area contributed by atoms with Gasteiger partial charge in [0.1, 0.15) is 0 Å². The molecule has 106 valence electrons. The van der Waals surface area contributed by atoms with E-state index in [0.29, 0.717) is 6.07 Å². The van der Waals surface area contributed by atoms with Crippen LogP contribution in [0.25, 0.3) is 0 Å². The normalized spacial score (nSPS) is 12.3. The second-order valence-corrected chi connectivity index (χ2v) is 5.50. The van der Waals surface area contributed by atoms with Crippen LogP contribution in [0.4, 0.5) is 18.9 Å². The first-order valence-corrected chi connectivity index (χ1v) is 6.68. The van der Waals surface area contributed by atoms with Crippen molar-refractivity contribution in [2.75, 3.05) is 0 Å². The Morgan fingerprint density at radius 2 is 2.00 bits per heavy atom. The lowest BCUT2D eigenvalue weighted by atomic mass is 10.4. The van der Waals surface area contributed by atoms with Gasteiger partial charge in [-0.3, -0.25) is 10.1 Å². The first-order chi connectivity index (χ1) is 8.42. The molecule has 0 radical (unpaired) electrons. The first-order valence-electron chi connectivity index (χ1n) is 4.05. The quantitative estimate of drug-likeness (QED) is 0.343. The number of pyridine rings is 1. The largest absolute Gasteiger partial charge is 0.574 e. The summed E-state index contributed by atoms with van der Waals surface area (Å²) in [6, 6.07) is 0.352. The maximum absolute atomic E-state index is 12.1. The first kappa shape index (κ1) is 15.8. The number of halogens is 4. The smallest absolute Gasteiger partial charge is 0.386 e. The number of ether oxygens (including phenoxy) is 1. The van der Waals surface area contributed by atoms with Gasteiger partial charge in [-0.05, 0) is 22.6 Å². The van der Waals surface area contributed by atoms with Crippen molar-refractivity contribution in [1.82, 2.24) is 4.98 Å². The maximum Gasteiger partial charge on any atom is 0.574 e. The number of nitrogens with zero attached hydrogens (tertiary/aromatic N) is 2. The molecule has 0 amide bonds. The van der Waals surface area contributed by atoms with Crippen LogP contribution in [0.5, 0.6) is 5.88 Å². The molecule has 1 rings (SSSR count). The zero-order valence-corrected chi connectivity index (χ0v) is 11.5. The van der Waals surface area contributed by atoms with Crippen LogP contribution in [0.1, 0.15) is 0 Å². The number of primary sulfonamides is 1. The third-order valence-corrected chi connectivity index (χ3v) is 3.30. The fourth-order valence-corrected chi connectivity index (χ4v) is 2.14. The van der Waals surface area contributed by atoms with Crippen molar-refractivity contribution < 1.29 is 31.2 Å². The summed E-state index contributed by atoms with van der Waals surface area (Å²) in [6.07, 6.45) is -5.22. The van der Waals surface area contributed by atoms with Crippen LogP contribution in [0.3, 0.4) is 0 Å². The molecule has 1 heterocycles. The predicted molar refractivity (Wildman–Crippen MR) is 61.7 cm³/mol. The number of aromatic nitrogens is 1. The van der Waals surface area contributed by atoms with Crippen molar-refractivity contribution >= 4 is 38.3 Å². The molecule has 1 aromatic rings. The number of nitro groups is 1. The van der Waals surface area contributed by atoms with Crippen molar-refractivity contribution in [3.63, 3.8) is 0 Å². The van der Waals surface area contributed by atoms with Gasteiger partial charge in [-0.25, -0.2) is 13.6 Å². The van der Waals surface area contributed by atoms with Crippen molar-refractivity contribution in [3.8, 4) is 5.88 Å². The van der Waals surface area contributed by atoms with E-state index in [9.17, 15) is 31.7 Å². The van der Waals surface area contributed by atoms with Gasteiger partial charge in [0, 0.05) is 6.07 Å². The van der Waals surface area contributed by atoms with E-state index >= 15 is 0 Å². The van der Waals surface area contributed by atoms with Crippen LogP contribution in [0.15, 0.2) is 11.0 Å². The third-order valence-electron chi connectivity index (χ3n) is 1.61. The summed E-state index contributed by atoms with van der Waals surface area (Å²) in [5, 5.41) is 15.2. The lowest BCUT2D eigenvalue weighted by molar-refractivity contribution is -0.386. The van der Waals surface area contributed by atoms with Gasteiger partial charge in [0.15, 0.2) is 8.60 Å². The molecule has 0 aliphatic heterocycles. The molecular formula is C6H3F3IN3O5S. The topological polar surface area (TPSA) is 125 Å². The van der Waals surface area contributed by atoms with Crippen LogP contribution in [-0.2, 0) is 10.0 Å². The molecule has 0 bridgehead atoms. The molecule has 0 aliphatic rings. The Bertz CT molecular complexity index is 632. The molecule has 0 spiro atoms. The maximum atomic E-state index is 12.1. The minimum Gasteiger partial charge on any atom is -0.386 e. The number of rotatable bonds is 3. The molecule has 0 saturated carbocycles. The summed E-state index contributed by atoms with van der Waals surface area (Å²) in [4.78, 5) is 11.4. The lowest BCUT2D eigenvalue weighted by Crippen LogP contribution is -2.22. The van der Waals surface area contributed by atoms with Crippen LogP contribution >= 0.6 is 22.6 Å². The van der Waals surface area contributed by atoms with E-state index in [0.717, 1.165) is 0 Å². The van der Waals surface area contributed by atoms with E-state index in [4.69, 9.17) is 0 Å². The minimum absolute atomic E-state index is 0.352. The van der Waals surface area contributed by atoms with E-state index < -0.39 is 41.5 Å². The van der Waals surface area contributed by atoms with Gasteiger partial charge in [0.05, 0.1) is 4.92 Å². The molecule has 19 heavy (non-hydrogen) atoms. The standard InChI is InChI=1S/C6H3F3IN3O5S/c7-6(8,9)18-5-3(19(11,16)17)1-2(13(14)15)4(10)12-5/h1H,(H2,11,16,17). The Labute approximate surface area is 117 Å². The highest BCUT2D eigenvalue weighted by Crippen LogP contribution is 2.32. The average Bonchev–Trinajstić information content (AvgIpc) is 2.11. The Balaban J connectivity index is 3.55. The SMILES string of the molecule is NS(=O)(=O)c1cc([N+](=O)[O-])c(I)nc1OC(F)(F)F. The number of hydrogen-bond donors (Lipinski definition) is 1.